The molecule has 1 saturated carbocycles. The lowest BCUT2D eigenvalue weighted by atomic mass is 10.1. The lowest BCUT2D eigenvalue weighted by Crippen LogP contribution is -2.38. The van der Waals surface area contributed by atoms with Crippen LogP contribution in [0.3, 0.4) is 0 Å². The third-order valence-electron chi connectivity index (χ3n) is 2.74. The van der Waals surface area contributed by atoms with Crippen LogP contribution in [0.25, 0.3) is 0 Å². The number of rotatable bonds is 4. The first-order chi connectivity index (χ1) is 5.03. The van der Waals surface area contributed by atoms with Crippen molar-refractivity contribution in [2.45, 2.75) is 46.1 Å². The summed E-state index contributed by atoms with van der Waals surface area (Å²) in [7, 11) is 0. The van der Waals surface area contributed by atoms with Crippen LogP contribution in [-0.2, 0) is 0 Å². The van der Waals surface area contributed by atoms with E-state index in [4.69, 9.17) is 5.84 Å². The molecule has 0 aromatic rings. The van der Waals surface area contributed by atoms with E-state index >= 15 is 0 Å². The van der Waals surface area contributed by atoms with E-state index in [0.29, 0.717) is 11.5 Å². The number of nitrogens with zero attached hydrogens (tertiary/aromatic N) is 1. The molecule has 0 bridgehead atoms. The van der Waals surface area contributed by atoms with Gasteiger partial charge in [0.05, 0.1) is 0 Å². The zero-order chi connectivity index (χ0) is 8.48. The van der Waals surface area contributed by atoms with Crippen molar-refractivity contribution in [3.63, 3.8) is 0 Å². The van der Waals surface area contributed by atoms with E-state index in [1.807, 2.05) is 5.01 Å². The summed E-state index contributed by atoms with van der Waals surface area (Å²) in [6.07, 6.45) is 4.07. The van der Waals surface area contributed by atoms with Crippen molar-refractivity contribution < 1.29 is 0 Å². The molecule has 0 unspecified atom stereocenters. The Morgan fingerprint density at radius 3 is 2.36 bits per heavy atom. The second-order valence-electron chi connectivity index (χ2n) is 4.39. The second-order valence-corrected chi connectivity index (χ2v) is 4.39. The molecule has 0 aliphatic heterocycles. The highest BCUT2D eigenvalue weighted by molar-refractivity contribution is 4.88. The topological polar surface area (TPSA) is 29.3 Å². The van der Waals surface area contributed by atoms with Crippen molar-refractivity contribution in [1.29, 1.82) is 0 Å². The third kappa shape index (κ3) is 2.80. The van der Waals surface area contributed by atoms with Gasteiger partial charge in [-0.2, -0.15) is 0 Å². The maximum absolute atomic E-state index is 5.78. The maximum atomic E-state index is 5.78. The molecule has 0 radical (unpaired) electrons. The predicted molar refractivity (Wildman–Crippen MR) is 48.0 cm³/mol. The van der Waals surface area contributed by atoms with Crippen LogP contribution in [0, 0.1) is 5.41 Å². The lowest BCUT2D eigenvalue weighted by molar-refractivity contribution is 0.209. The fourth-order valence-electron chi connectivity index (χ4n) is 1.12. The van der Waals surface area contributed by atoms with Gasteiger partial charge in [-0.05, 0) is 38.5 Å². The van der Waals surface area contributed by atoms with E-state index in [2.05, 4.69) is 20.8 Å². The largest absolute Gasteiger partial charge is 0.269 e. The van der Waals surface area contributed by atoms with Crippen LogP contribution in [0.2, 0.25) is 0 Å². The number of hydrogen-bond donors (Lipinski definition) is 1. The van der Waals surface area contributed by atoms with E-state index in [0.717, 1.165) is 6.54 Å². The van der Waals surface area contributed by atoms with Crippen LogP contribution in [0.1, 0.15) is 40.0 Å². The first kappa shape index (κ1) is 9.01. The molecule has 0 amide bonds. The van der Waals surface area contributed by atoms with Crippen molar-refractivity contribution in [2.24, 2.45) is 11.3 Å². The van der Waals surface area contributed by atoms with Crippen molar-refractivity contribution in [3.8, 4) is 0 Å². The van der Waals surface area contributed by atoms with Gasteiger partial charge >= 0.3 is 0 Å². The van der Waals surface area contributed by atoms with Gasteiger partial charge in [0.25, 0.3) is 0 Å². The average molecular weight is 156 g/mol. The summed E-state index contributed by atoms with van der Waals surface area (Å²) in [5, 5.41) is 1.93. The van der Waals surface area contributed by atoms with Crippen molar-refractivity contribution in [3.05, 3.63) is 0 Å². The van der Waals surface area contributed by atoms with Crippen molar-refractivity contribution in [2.75, 3.05) is 6.54 Å². The van der Waals surface area contributed by atoms with Crippen molar-refractivity contribution >= 4 is 0 Å². The third-order valence-corrected chi connectivity index (χ3v) is 2.74. The molecular weight excluding hydrogens is 136 g/mol. The highest BCUT2D eigenvalue weighted by atomic mass is 15.4. The minimum absolute atomic E-state index is 0.484. The SMILES string of the molecule is CC(C)N(N)CCC1(C)CC1. The average Bonchev–Trinajstić information content (AvgIpc) is 2.64. The summed E-state index contributed by atoms with van der Waals surface area (Å²) >= 11 is 0. The zero-order valence-electron chi connectivity index (χ0n) is 7.93. The molecule has 66 valence electrons. The van der Waals surface area contributed by atoms with Gasteiger partial charge in [0, 0.05) is 12.6 Å². The summed E-state index contributed by atoms with van der Waals surface area (Å²) in [6.45, 7) is 7.67. The predicted octanol–water partition coefficient (Wildman–Crippen LogP) is 1.76. The smallest absolute Gasteiger partial charge is 0.0184 e. The van der Waals surface area contributed by atoms with Gasteiger partial charge in [0.15, 0.2) is 0 Å². The minimum atomic E-state index is 0.484. The van der Waals surface area contributed by atoms with Crippen LogP contribution in [0.15, 0.2) is 0 Å². The Hall–Kier alpha value is -0.0800. The maximum Gasteiger partial charge on any atom is 0.0184 e. The first-order valence-electron chi connectivity index (χ1n) is 4.55. The summed E-state index contributed by atoms with van der Waals surface area (Å²) in [5.41, 5.74) is 0.645. The fourth-order valence-corrected chi connectivity index (χ4v) is 1.12. The lowest BCUT2D eigenvalue weighted by Gasteiger charge is -2.21. The van der Waals surface area contributed by atoms with Crippen LogP contribution in [0.4, 0.5) is 0 Å². The van der Waals surface area contributed by atoms with Gasteiger partial charge in [-0.25, -0.2) is 5.01 Å². The molecular formula is C9H20N2. The van der Waals surface area contributed by atoms with Gasteiger partial charge in [0.2, 0.25) is 0 Å². The standard InChI is InChI=1S/C9H20N2/c1-8(2)11(10)7-6-9(3)4-5-9/h8H,4-7,10H2,1-3H3. The Kier molecular flexibility index (Phi) is 2.55. The van der Waals surface area contributed by atoms with Gasteiger partial charge in [-0.15, -0.1) is 0 Å². The highest BCUT2D eigenvalue weighted by Gasteiger charge is 2.36. The Morgan fingerprint density at radius 2 is 2.00 bits per heavy atom. The number of nitrogens with two attached hydrogens (primary N) is 1. The van der Waals surface area contributed by atoms with E-state index in [-0.39, 0.29) is 0 Å². The van der Waals surface area contributed by atoms with Crippen LogP contribution < -0.4 is 5.84 Å². The van der Waals surface area contributed by atoms with Gasteiger partial charge in [-0.3, -0.25) is 5.84 Å². The van der Waals surface area contributed by atoms with Gasteiger partial charge in [-0.1, -0.05) is 6.92 Å². The number of hydrazine groups is 1. The van der Waals surface area contributed by atoms with E-state index in [9.17, 15) is 0 Å². The highest BCUT2D eigenvalue weighted by Crippen LogP contribution is 2.47. The van der Waals surface area contributed by atoms with Crippen LogP contribution in [0.5, 0.6) is 0 Å². The monoisotopic (exact) mass is 156 g/mol. The molecule has 2 heteroatoms. The Morgan fingerprint density at radius 1 is 1.45 bits per heavy atom. The molecule has 11 heavy (non-hydrogen) atoms. The molecule has 1 aliphatic carbocycles. The fraction of sp³-hybridized carbons (Fsp3) is 1.00. The minimum Gasteiger partial charge on any atom is -0.269 e. The van der Waals surface area contributed by atoms with Gasteiger partial charge in [0.1, 0.15) is 0 Å². The van der Waals surface area contributed by atoms with Crippen molar-refractivity contribution in [1.82, 2.24) is 5.01 Å². The Balaban J connectivity index is 2.11. The molecule has 0 aromatic carbocycles. The molecule has 0 spiro atoms. The molecule has 0 saturated heterocycles. The normalized spacial score (nSPS) is 21.3. The molecule has 1 rings (SSSR count). The quantitative estimate of drug-likeness (QED) is 0.496. The number of hydrogen-bond acceptors (Lipinski definition) is 2. The molecule has 0 aromatic heterocycles. The van der Waals surface area contributed by atoms with E-state index in [1.54, 1.807) is 0 Å². The molecule has 0 heterocycles. The summed E-state index contributed by atoms with van der Waals surface area (Å²) < 4.78 is 0. The molecule has 2 N–H and O–H groups in total. The molecule has 1 fully saturated rings. The first-order valence-corrected chi connectivity index (χ1v) is 4.55. The van der Waals surface area contributed by atoms with E-state index < -0.39 is 0 Å². The molecule has 0 atom stereocenters. The summed E-state index contributed by atoms with van der Waals surface area (Å²) in [4.78, 5) is 0. The van der Waals surface area contributed by atoms with Gasteiger partial charge < -0.3 is 0 Å². The second kappa shape index (κ2) is 3.11. The Bertz CT molecular complexity index is 128. The summed E-state index contributed by atoms with van der Waals surface area (Å²) in [5.74, 6) is 5.78. The van der Waals surface area contributed by atoms with Crippen LogP contribution in [-0.4, -0.2) is 17.6 Å². The van der Waals surface area contributed by atoms with E-state index in [1.165, 1.54) is 19.3 Å². The summed E-state index contributed by atoms with van der Waals surface area (Å²) in [6, 6.07) is 0.484. The zero-order valence-corrected chi connectivity index (χ0v) is 7.93. The molecule has 2 nitrogen and oxygen atoms in total. The Labute approximate surface area is 69.7 Å². The molecule has 1 aliphatic rings. The van der Waals surface area contributed by atoms with Crippen LogP contribution >= 0.6 is 0 Å².